The molecule has 2 amide bonds. The minimum Gasteiger partial charge on any atom is -0.420 e. The lowest BCUT2D eigenvalue weighted by Crippen LogP contribution is -2.35. The molecule has 4 aromatic carbocycles. The van der Waals surface area contributed by atoms with Crippen molar-refractivity contribution in [2.24, 2.45) is 11.7 Å². The highest BCUT2D eigenvalue weighted by atomic mass is 32.2. The molecule has 1 unspecified atom stereocenters. The predicted octanol–water partition coefficient (Wildman–Crippen LogP) is 7.41. The van der Waals surface area contributed by atoms with Crippen molar-refractivity contribution in [3.8, 4) is 11.4 Å². The Hall–Kier alpha value is -7.24. The number of hydrogen-bond acceptors (Lipinski definition) is 12. The lowest BCUT2D eigenvalue weighted by Gasteiger charge is -2.27. The number of amides is 2. The van der Waals surface area contributed by atoms with Crippen molar-refractivity contribution in [2.75, 3.05) is 31.6 Å². The van der Waals surface area contributed by atoms with Crippen LogP contribution in [0.3, 0.4) is 0 Å². The molecule has 3 heterocycles. The summed E-state index contributed by atoms with van der Waals surface area (Å²) in [6.07, 6.45) is 13.9. The van der Waals surface area contributed by atoms with Gasteiger partial charge in [0.2, 0.25) is 17.3 Å². The van der Waals surface area contributed by atoms with Gasteiger partial charge in [0.1, 0.15) is 12.7 Å². The van der Waals surface area contributed by atoms with Gasteiger partial charge in [0.05, 0.1) is 39.6 Å². The zero-order valence-electron chi connectivity index (χ0n) is 42.7. The SMILES string of the molecule is C[N+]1=C(/C=C/C=C/C=C2\N(CCCCCC(=O)NCc3cn(-c4cccc(C(=O)NCC(CCCN)C(=O)Oc5c(F)cccc5F)c4)nn3)c3ccc(S(=O)(=O)O)cc3C2(C)C)C(C)(C)c2cc(S(=O)(=O)O)ccc21. The number of anilines is 1. The van der Waals surface area contributed by atoms with E-state index in [4.69, 9.17) is 10.5 Å². The summed E-state index contributed by atoms with van der Waals surface area (Å²) in [6, 6.07) is 18.7. The molecule has 0 spiro atoms. The minimum atomic E-state index is -4.47. The Morgan fingerprint density at radius 2 is 1.51 bits per heavy atom. The van der Waals surface area contributed by atoms with Gasteiger partial charge in [-0.05, 0) is 118 Å². The highest BCUT2D eigenvalue weighted by Crippen LogP contribution is 2.49. The van der Waals surface area contributed by atoms with Gasteiger partial charge < -0.3 is 26.0 Å². The molecule has 76 heavy (non-hydrogen) atoms. The van der Waals surface area contributed by atoms with Crippen molar-refractivity contribution in [3.63, 3.8) is 0 Å². The standard InChI is InChI=1S/C54H60F2N8O10S2/c1-53(2)41-30-39(75(68,69)70)23-25-45(41)62(5)47(53)20-8-6-9-21-48-54(3,4)42-31-40(76(71,72)73)24-26-46(42)63(48)28-11-7-10-22-49(65)58-33-37-34-64(61-60-37)38-17-12-15-35(29-38)51(66)59-32-36(16-14-27-57)52(67)74-50-43(55)18-13-19-44(50)56/h6,8-9,12-13,15,17-21,23-26,29-31,34,36H,7,10-11,14,16,22,27-28,32-33,57H2,1-5H3,(H3-,58,59,65,66,68,69,70,71,72,73)/p+1. The molecule has 1 atom stereocenters. The fraction of sp³-hybridized carbons (Fsp3) is 0.333. The zero-order valence-corrected chi connectivity index (χ0v) is 44.3. The summed E-state index contributed by atoms with van der Waals surface area (Å²) in [4.78, 5) is 40.8. The van der Waals surface area contributed by atoms with Crippen LogP contribution in [0.15, 0.2) is 131 Å². The van der Waals surface area contributed by atoms with Crippen LogP contribution in [-0.2, 0) is 47.2 Å². The van der Waals surface area contributed by atoms with Gasteiger partial charge in [0.15, 0.2) is 17.3 Å². The Balaban J connectivity index is 0.922. The van der Waals surface area contributed by atoms with Gasteiger partial charge >= 0.3 is 5.97 Å². The first-order chi connectivity index (χ1) is 35.9. The Bertz CT molecular complexity index is 3390. The largest absolute Gasteiger partial charge is 0.420 e. The third kappa shape index (κ3) is 12.9. The number of para-hydroxylation sites is 1. The number of carbonyl (C=O) groups is 3. The maximum absolute atomic E-state index is 14.2. The number of benzene rings is 4. The van der Waals surface area contributed by atoms with E-state index in [2.05, 4.69) is 25.8 Å². The molecular formula is C54H61F2N8O10S2+. The second kappa shape index (κ2) is 23.3. The summed E-state index contributed by atoms with van der Waals surface area (Å²) in [7, 11) is -6.97. The molecule has 0 fully saturated rings. The van der Waals surface area contributed by atoms with Crippen LogP contribution >= 0.6 is 0 Å². The molecule has 2 aliphatic heterocycles. The van der Waals surface area contributed by atoms with Gasteiger partial charge in [-0.25, -0.2) is 13.5 Å². The molecule has 0 bridgehead atoms. The molecule has 0 radical (unpaired) electrons. The topological polar surface area (TPSA) is 256 Å². The van der Waals surface area contributed by atoms with Crippen LogP contribution in [0.25, 0.3) is 5.69 Å². The molecule has 0 aliphatic carbocycles. The summed E-state index contributed by atoms with van der Waals surface area (Å²) in [6.45, 7) is 8.62. The number of nitrogens with one attached hydrogen (secondary N) is 2. The van der Waals surface area contributed by atoms with E-state index in [1.54, 1.807) is 42.6 Å². The van der Waals surface area contributed by atoms with Crippen molar-refractivity contribution in [1.29, 1.82) is 0 Å². The van der Waals surface area contributed by atoms with E-state index < -0.39 is 66.2 Å². The summed E-state index contributed by atoms with van der Waals surface area (Å²) >= 11 is 0. The number of allylic oxidation sites excluding steroid dienone is 6. The average molecular weight is 1080 g/mol. The number of halogens is 2. The van der Waals surface area contributed by atoms with Crippen molar-refractivity contribution in [3.05, 3.63) is 155 Å². The fourth-order valence-electron chi connectivity index (χ4n) is 9.44. The second-order valence-corrected chi connectivity index (χ2v) is 22.4. The van der Waals surface area contributed by atoms with E-state index in [9.17, 15) is 49.1 Å². The van der Waals surface area contributed by atoms with Gasteiger partial charge in [-0.15, -0.1) is 5.10 Å². The Morgan fingerprint density at radius 1 is 0.829 bits per heavy atom. The average Bonchev–Trinajstić information content (AvgIpc) is 3.99. The maximum atomic E-state index is 14.2. The highest BCUT2D eigenvalue weighted by Gasteiger charge is 2.44. The first kappa shape index (κ1) is 56.5. The molecule has 7 rings (SSSR count). The molecule has 6 N–H and O–H groups in total. The first-order valence-corrected chi connectivity index (χ1v) is 27.4. The first-order valence-electron chi connectivity index (χ1n) is 24.5. The number of ether oxygens (including phenoxy) is 1. The quantitative estimate of drug-likeness (QED) is 0.0113. The number of hydrogen-bond donors (Lipinski definition) is 5. The lowest BCUT2D eigenvalue weighted by molar-refractivity contribution is -0.401. The molecule has 0 saturated carbocycles. The highest BCUT2D eigenvalue weighted by molar-refractivity contribution is 7.86. The predicted molar refractivity (Wildman–Crippen MR) is 281 cm³/mol. The number of esters is 1. The Morgan fingerprint density at radius 3 is 2.21 bits per heavy atom. The van der Waals surface area contributed by atoms with Crippen molar-refractivity contribution < 1.29 is 58.4 Å². The van der Waals surface area contributed by atoms with E-state index in [1.165, 1.54) is 28.9 Å². The minimum absolute atomic E-state index is 0.0947. The summed E-state index contributed by atoms with van der Waals surface area (Å²) in [5.74, 6) is -5.46. The van der Waals surface area contributed by atoms with Crippen molar-refractivity contribution >= 4 is 55.1 Å². The van der Waals surface area contributed by atoms with E-state index in [0.717, 1.165) is 52.1 Å². The van der Waals surface area contributed by atoms with Crippen LogP contribution in [0.4, 0.5) is 20.2 Å². The molecule has 22 heteroatoms. The summed E-state index contributed by atoms with van der Waals surface area (Å²) < 4.78 is 104. The second-order valence-electron chi connectivity index (χ2n) is 19.6. The van der Waals surface area contributed by atoms with Crippen molar-refractivity contribution in [2.45, 2.75) is 93.4 Å². The van der Waals surface area contributed by atoms with E-state index in [1.807, 2.05) is 69.7 Å². The van der Waals surface area contributed by atoms with Crippen molar-refractivity contribution in [1.82, 2.24) is 25.6 Å². The smallest absolute Gasteiger partial charge is 0.316 e. The zero-order chi connectivity index (χ0) is 55.2. The number of rotatable bonds is 22. The van der Waals surface area contributed by atoms with Gasteiger partial charge in [-0.3, -0.25) is 23.5 Å². The van der Waals surface area contributed by atoms with Gasteiger partial charge in [-0.1, -0.05) is 55.8 Å². The monoisotopic (exact) mass is 1080 g/mol. The van der Waals surface area contributed by atoms with Crippen LogP contribution in [0.5, 0.6) is 5.75 Å². The molecule has 402 valence electrons. The number of nitrogens with two attached hydrogens (primary N) is 1. The molecule has 2 aliphatic rings. The van der Waals surface area contributed by atoms with E-state index in [-0.39, 0.29) is 53.7 Å². The molecule has 1 aromatic heterocycles. The Kier molecular flexibility index (Phi) is 17.3. The number of carbonyl (C=O) groups excluding carboxylic acids is 3. The maximum Gasteiger partial charge on any atom is 0.316 e. The fourth-order valence-corrected chi connectivity index (χ4v) is 10.5. The lowest BCUT2D eigenvalue weighted by atomic mass is 9.81. The van der Waals surface area contributed by atoms with Gasteiger partial charge in [0, 0.05) is 59.6 Å². The van der Waals surface area contributed by atoms with Crippen LogP contribution < -0.4 is 26.0 Å². The van der Waals surface area contributed by atoms with E-state index >= 15 is 0 Å². The van der Waals surface area contributed by atoms with Gasteiger partial charge in [0.25, 0.3) is 26.1 Å². The number of nitrogens with zero attached hydrogens (tertiary/aromatic N) is 5. The van der Waals surface area contributed by atoms with Crippen LogP contribution in [-0.4, -0.2) is 95.7 Å². The molecule has 0 saturated heterocycles. The third-order valence-corrected chi connectivity index (χ3v) is 15.3. The normalized spacial score (nSPS) is 15.9. The number of unbranched alkanes of at least 4 members (excludes halogenated alkanes) is 2. The van der Waals surface area contributed by atoms with Crippen LogP contribution in [0.1, 0.15) is 93.4 Å². The van der Waals surface area contributed by atoms with E-state index in [0.29, 0.717) is 43.6 Å². The summed E-state index contributed by atoms with van der Waals surface area (Å²) in [5, 5.41) is 13.9. The molecule has 18 nitrogen and oxygen atoms in total. The molecule has 5 aromatic rings. The summed E-state index contributed by atoms with van der Waals surface area (Å²) in [5.41, 5.74) is 10.5. The van der Waals surface area contributed by atoms with Gasteiger partial charge in [-0.2, -0.15) is 21.4 Å². The number of fused-ring (bicyclic) bond motifs is 2. The van der Waals surface area contributed by atoms with Crippen LogP contribution in [0, 0.1) is 17.6 Å². The Labute approximate surface area is 440 Å². The molecular weight excluding hydrogens is 1020 g/mol. The number of aromatic nitrogens is 3. The third-order valence-electron chi connectivity index (χ3n) is 13.6. The van der Waals surface area contributed by atoms with Crippen LogP contribution in [0.2, 0.25) is 0 Å².